The number of methoxy groups -OCH3 is 1. The molecule has 9 heteroatoms. The first-order valence-corrected chi connectivity index (χ1v) is 11.2. The topological polar surface area (TPSA) is 54.9 Å². The number of fused-ring (bicyclic) bond motifs is 1. The molecule has 0 unspecified atom stereocenters. The molecule has 0 N–H and O–H groups in total. The zero-order chi connectivity index (χ0) is 20.9. The van der Waals surface area contributed by atoms with Crippen LogP contribution in [-0.2, 0) is 4.74 Å². The highest BCUT2D eigenvalue weighted by Crippen LogP contribution is 2.32. The molecule has 1 aliphatic heterocycles. The number of anilines is 1. The molecule has 0 bridgehead atoms. The number of nitrogens with zero attached hydrogens (tertiary/aromatic N) is 3. The number of aromatic nitrogens is 1. The Kier molecular flexibility index (Phi) is 8.51. The lowest BCUT2D eigenvalue weighted by Crippen LogP contribution is -2.39. The third kappa shape index (κ3) is 5.87. The van der Waals surface area contributed by atoms with E-state index in [9.17, 15) is 4.79 Å². The van der Waals surface area contributed by atoms with Gasteiger partial charge in [0.15, 0.2) is 5.13 Å². The van der Waals surface area contributed by atoms with Gasteiger partial charge in [0, 0.05) is 36.8 Å². The van der Waals surface area contributed by atoms with Crippen molar-refractivity contribution in [2.45, 2.75) is 6.42 Å². The Hall–Kier alpha value is -1.90. The highest BCUT2D eigenvalue weighted by atomic mass is 35.5. The molecule has 1 fully saturated rings. The van der Waals surface area contributed by atoms with Crippen molar-refractivity contribution >= 4 is 56.6 Å². The maximum Gasteiger partial charge on any atom is 0.260 e. The van der Waals surface area contributed by atoms with Crippen LogP contribution in [0.15, 0.2) is 42.5 Å². The molecule has 0 radical (unpaired) electrons. The van der Waals surface area contributed by atoms with E-state index >= 15 is 0 Å². The van der Waals surface area contributed by atoms with Crippen LogP contribution >= 0.6 is 35.3 Å². The number of benzene rings is 2. The van der Waals surface area contributed by atoms with Crippen LogP contribution in [0.1, 0.15) is 16.8 Å². The van der Waals surface area contributed by atoms with Gasteiger partial charge in [-0.15, -0.1) is 12.4 Å². The van der Waals surface area contributed by atoms with Gasteiger partial charge in [0.2, 0.25) is 0 Å². The predicted octanol–water partition coefficient (Wildman–Crippen LogP) is 4.75. The Morgan fingerprint density at radius 3 is 2.68 bits per heavy atom. The molecule has 3 aromatic rings. The van der Waals surface area contributed by atoms with Crippen molar-refractivity contribution in [3.05, 3.63) is 53.1 Å². The summed E-state index contributed by atoms with van der Waals surface area (Å²) in [5.74, 6) is 0.709. The van der Waals surface area contributed by atoms with Crippen LogP contribution in [0, 0.1) is 0 Å². The number of hydrogen-bond acceptors (Lipinski definition) is 6. The molecule has 0 spiro atoms. The van der Waals surface area contributed by atoms with E-state index in [0.29, 0.717) is 22.3 Å². The Balaban J connectivity index is 0.00000272. The van der Waals surface area contributed by atoms with Crippen molar-refractivity contribution in [2.24, 2.45) is 0 Å². The molecule has 1 saturated heterocycles. The van der Waals surface area contributed by atoms with E-state index in [4.69, 9.17) is 26.1 Å². The fourth-order valence-electron chi connectivity index (χ4n) is 3.44. The second-order valence-electron chi connectivity index (χ2n) is 7.10. The molecule has 2 aromatic carbocycles. The number of amides is 1. The van der Waals surface area contributed by atoms with Gasteiger partial charge < -0.3 is 9.47 Å². The Labute approximate surface area is 197 Å². The standard InChI is InChI=1S/C22H24ClN3O3S.ClH/c1-28-18-7-8-19-20(15-18)30-22(24-19)26(10-2-9-25-11-13-29-14-12-25)21(27)16-3-5-17(23)6-4-16;/h3-8,15H,2,9-14H2,1H3;1H. The van der Waals surface area contributed by atoms with Crippen LogP contribution in [0.4, 0.5) is 5.13 Å². The quantitative estimate of drug-likeness (QED) is 0.487. The van der Waals surface area contributed by atoms with Gasteiger partial charge in [-0.1, -0.05) is 22.9 Å². The maximum atomic E-state index is 13.3. The fourth-order valence-corrected chi connectivity index (χ4v) is 4.59. The van der Waals surface area contributed by atoms with E-state index in [2.05, 4.69) is 4.90 Å². The minimum absolute atomic E-state index is 0. The van der Waals surface area contributed by atoms with Crippen LogP contribution < -0.4 is 9.64 Å². The summed E-state index contributed by atoms with van der Waals surface area (Å²) >= 11 is 7.50. The van der Waals surface area contributed by atoms with Gasteiger partial charge >= 0.3 is 0 Å². The molecule has 31 heavy (non-hydrogen) atoms. The lowest BCUT2D eigenvalue weighted by Gasteiger charge is -2.27. The van der Waals surface area contributed by atoms with Gasteiger partial charge in [0.05, 0.1) is 30.5 Å². The molecule has 2 heterocycles. The van der Waals surface area contributed by atoms with E-state index in [1.807, 2.05) is 18.2 Å². The average molecular weight is 482 g/mol. The summed E-state index contributed by atoms with van der Waals surface area (Å²) in [6.07, 6.45) is 0.860. The molecular formula is C22H25Cl2N3O3S. The van der Waals surface area contributed by atoms with E-state index in [-0.39, 0.29) is 18.3 Å². The zero-order valence-corrected chi connectivity index (χ0v) is 19.6. The average Bonchev–Trinajstić information content (AvgIpc) is 3.20. The number of halogens is 2. The van der Waals surface area contributed by atoms with Gasteiger partial charge in [-0.3, -0.25) is 14.6 Å². The maximum absolute atomic E-state index is 13.3. The summed E-state index contributed by atoms with van der Waals surface area (Å²) in [7, 11) is 1.64. The number of thiazole rings is 1. The molecule has 0 saturated carbocycles. The third-order valence-corrected chi connectivity index (χ3v) is 6.40. The van der Waals surface area contributed by atoms with Gasteiger partial charge in [0.25, 0.3) is 5.91 Å². The van der Waals surface area contributed by atoms with Crippen molar-refractivity contribution in [2.75, 3.05) is 51.4 Å². The van der Waals surface area contributed by atoms with Crippen molar-refractivity contribution in [3.8, 4) is 5.75 Å². The van der Waals surface area contributed by atoms with Crippen molar-refractivity contribution < 1.29 is 14.3 Å². The molecule has 166 valence electrons. The number of hydrogen-bond donors (Lipinski definition) is 0. The summed E-state index contributed by atoms with van der Waals surface area (Å²) in [6.45, 7) is 4.93. The van der Waals surface area contributed by atoms with Gasteiger partial charge in [-0.25, -0.2) is 4.98 Å². The first-order valence-electron chi connectivity index (χ1n) is 9.96. The van der Waals surface area contributed by atoms with E-state index in [0.717, 1.165) is 55.2 Å². The number of ether oxygens (including phenoxy) is 2. The summed E-state index contributed by atoms with van der Waals surface area (Å²) in [5.41, 5.74) is 1.46. The fraction of sp³-hybridized carbons (Fsp3) is 0.364. The molecule has 0 aliphatic carbocycles. The lowest BCUT2D eigenvalue weighted by molar-refractivity contribution is 0.0376. The Bertz CT molecular complexity index is 1010. The Morgan fingerprint density at radius 1 is 1.23 bits per heavy atom. The summed E-state index contributed by atoms with van der Waals surface area (Å²) < 4.78 is 11.7. The van der Waals surface area contributed by atoms with Gasteiger partial charge in [-0.05, 0) is 48.9 Å². The number of morpholine rings is 1. The summed E-state index contributed by atoms with van der Waals surface area (Å²) in [6, 6.07) is 12.8. The largest absolute Gasteiger partial charge is 0.497 e. The van der Waals surface area contributed by atoms with Crippen LogP contribution in [0.2, 0.25) is 5.02 Å². The van der Waals surface area contributed by atoms with Crippen LogP contribution in [0.5, 0.6) is 5.75 Å². The molecule has 1 aromatic heterocycles. The monoisotopic (exact) mass is 481 g/mol. The highest BCUT2D eigenvalue weighted by Gasteiger charge is 2.22. The normalized spacial score (nSPS) is 14.3. The molecule has 0 atom stereocenters. The van der Waals surface area contributed by atoms with Crippen LogP contribution in [0.25, 0.3) is 10.2 Å². The SMILES string of the molecule is COc1ccc2nc(N(CCCN3CCOCC3)C(=O)c3ccc(Cl)cc3)sc2c1.Cl. The molecule has 6 nitrogen and oxygen atoms in total. The summed E-state index contributed by atoms with van der Waals surface area (Å²) in [5, 5.41) is 1.30. The Morgan fingerprint density at radius 2 is 1.97 bits per heavy atom. The smallest absolute Gasteiger partial charge is 0.260 e. The van der Waals surface area contributed by atoms with E-state index < -0.39 is 0 Å². The first-order chi connectivity index (χ1) is 14.6. The lowest BCUT2D eigenvalue weighted by atomic mass is 10.2. The highest BCUT2D eigenvalue weighted by molar-refractivity contribution is 7.22. The minimum Gasteiger partial charge on any atom is -0.497 e. The van der Waals surface area contributed by atoms with Crippen molar-refractivity contribution in [1.29, 1.82) is 0 Å². The number of carbonyl (C=O) groups excluding carboxylic acids is 1. The second kappa shape index (κ2) is 11.1. The number of carbonyl (C=O) groups is 1. The molecule has 1 aliphatic rings. The van der Waals surface area contributed by atoms with E-state index in [1.165, 1.54) is 11.3 Å². The van der Waals surface area contributed by atoms with Crippen LogP contribution in [-0.4, -0.2) is 62.3 Å². The van der Waals surface area contributed by atoms with E-state index in [1.54, 1.807) is 36.3 Å². The van der Waals surface area contributed by atoms with Crippen LogP contribution in [0.3, 0.4) is 0 Å². The van der Waals surface area contributed by atoms with Gasteiger partial charge in [-0.2, -0.15) is 0 Å². The second-order valence-corrected chi connectivity index (χ2v) is 8.55. The molecule has 4 rings (SSSR count). The summed E-state index contributed by atoms with van der Waals surface area (Å²) in [4.78, 5) is 22.2. The minimum atomic E-state index is -0.0698. The zero-order valence-electron chi connectivity index (χ0n) is 17.3. The molecule has 1 amide bonds. The molecular weight excluding hydrogens is 457 g/mol. The van der Waals surface area contributed by atoms with Crippen molar-refractivity contribution in [3.63, 3.8) is 0 Å². The van der Waals surface area contributed by atoms with Gasteiger partial charge in [0.1, 0.15) is 5.75 Å². The van der Waals surface area contributed by atoms with Crippen molar-refractivity contribution in [1.82, 2.24) is 9.88 Å². The first kappa shape index (κ1) is 23.8. The number of rotatable bonds is 7. The third-order valence-electron chi connectivity index (χ3n) is 5.11. The predicted molar refractivity (Wildman–Crippen MR) is 128 cm³/mol.